The topological polar surface area (TPSA) is 18.5 Å². The Bertz CT molecular complexity index is 538. The third-order valence-corrected chi connectivity index (χ3v) is 2.97. The van der Waals surface area contributed by atoms with Crippen LogP contribution in [0.5, 0.6) is 11.5 Å². The van der Waals surface area contributed by atoms with Gasteiger partial charge < -0.3 is 9.47 Å². The van der Waals surface area contributed by atoms with Gasteiger partial charge in [-0.1, -0.05) is 35.9 Å². The monoisotopic (exact) mass is 262 g/mol. The fraction of sp³-hybridized carbons (Fsp3) is 0.200. The Morgan fingerprint density at radius 3 is 2.56 bits per heavy atom. The van der Waals surface area contributed by atoms with Crippen molar-refractivity contribution in [1.82, 2.24) is 0 Å². The highest BCUT2D eigenvalue weighted by molar-refractivity contribution is 6.32. The van der Waals surface area contributed by atoms with Gasteiger partial charge in [-0.25, -0.2) is 0 Å². The third-order valence-electron chi connectivity index (χ3n) is 2.66. The molecule has 2 rings (SSSR count). The molecule has 0 N–H and O–H groups in total. The molecule has 0 saturated carbocycles. The van der Waals surface area contributed by atoms with Crippen molar-refractivity contribution in [2.24, 2.45) is 0 Å². The van der Waals surface area contributed by atoms with Crippen LogP contribution < -0.4 is 9.47 Å². The van der Waals surface area contributed by atoms with E-state index in [1.807, 2.05) is 49.4 Å². The Morgan fingerprint density at radius 2 is 1.83 bits per heavy atom. The van der Waals surface area contributed by atoms with E-state index in [1.165, 1.54) is 0 Å². The van der Waals surface area contributed by atoms with Crippen molar-refractivity contribution in [2.45, 2.75) is 13.5 Å². The molecule has 0 saturated heterocycles. The second kappa shape index (κ2) is 5.78. The molecule has 0 unspecified atom stereocenters. The second-order valence-corrected chi connectivity index (χ2v) is 4.44. The molecule has 2 aromatic rings. The lowest BCUT2D eigenvalue weighted by Crippen LogP contribution is -1.99. The standard InChI is InChI=1S/C15H15ClO2/c1-11-7-8-12(15(9-11)17-2)10-18-14-6-4-3-5-13(14)16/h3-9H,10H2,1-2H3. The molecule has 0 aliphatic rings. The van der Waals surface area contributed by atoms with Crippen molar-refractivity contribution in [3.05, 3.63) is 58.6 Å². The van der Waals surface area contributed by atoms with Crippen LogP contribution in [0, 0.1) is 6.92 Å². The van der Waals surface area contributed by atoms with Crippen LogP contribution in [0.1, 0.15) is 11.1 Å². The molecular formula is C15H15ClO2. The lowest BCUT2D eigenvalue weighted by Gasteiger charge is -2.11. The lowest BCUT2D eigenvalue weighted by atomic mass is 10.1. The molecule has 0 fully saturated rings. The van der Waals surface area contributed by atoms with E-state index in [-0.39, 0.29) is 0 Å². The number of benzene rings is 2. The van der Waals surface area contributed by atoms with Crippen molar-refractivity contribution < 1.29 is 9.47 Å². The first kappa shape index (κ1) is 12.8. The Hall–Kier alpha value is -1.67. The molecule has 0 atom stereocenters. The van der Waals surface area contributed by atoms with Crippen molar-refractivity contribution in [3.8, 4) is 11.5 Å². The highest BCUT2D eigenvalue weighted by Gasteiger charge is 2.05. The number of ether oxygens (including phenoxy) is 2. The highest BCUT2D eigenvalue weighted by Crippen LogP contribution is 2.26. The van der Waals surface area contributed by atoms with Gasteiger partial charge in [0.05, 0.1) is 12.1 Å². The molecule has 0 heterocycles. The molecule has 2 aromatic carbocycles. The molecule has 2 nitrogen and oxygen atoms in total. The maximum atomic E-state index is 6.03. The summed E-state index contributed by atoms with van der Waals surface area (Å²) in [5, 5.41) is 0.614. The summed E-state index contributed by atoms with van der Waals surface area (Å²) in [6, 6.07) is 13.5. The molecule has 0 aromatic heterocycles. The van der Waals surface area contributed by atoms with Gasteiger partial charge in [-0.3, -0.25) is 0 Å². The van der Waals surface area contributed by atoms with Crippen molar-refractivity contribution >= 4 is 11.6 Å². The number of aryl methyl sites for hydroxylation is 1. The average Bonchev–Trinajstić information content (AvgIpc) is 2.39. The van der Waals surface area contributed by atoms with E-state index in [0.717, 1.165) is 16.9 Å². The summed E-state index contributed by atoms with van der Waals surface area (Å²) in [5.74, 6) is 1.52. The van der Waals surface area contributed by atoms with Crippen LogP contribution in [0.15, 0.2) is 42.5 Å². The highest BCUT2D eigenvalue weighted by atomic mass is 35.5. The van der Waals surface area contributed by atoms with E-state index < -0.39 is 0 Å². The van der Waals surface area contributed by atoms with E-state index in [0.29, 0.717) is 17.4 Å². The first-order valence-electron chi connectivity index (χ1n) is 5.71. The molecule has 94 valence electrons. The molecule has 0 aliphatic heterocycles. The maximum absolute atomic E-state index is 6.03. The fourth-order valence-electron chi connectivity index (χ4n) is 1.69. The van der Waals surface area contributed by atoms with Crippen LogP contribution in [0.3, 0.4) is 0 Å². The summed E-state index contributed by atoms with van der Waals surface area (Å²) >= 11 is 6.03. The van der Waals surface area contributed by atoms with Gasteiger partial charge >= 0.3 is 0 Å². The number of hydrogen-bond acceptors (Lipinski definition) is 2. The van der Waals surface area contributed by atoms with E-state index in [9.17, 15) is 0 Å². The molecular weight excluding hydrogens is 248 g/mol. The van der Waals surface area contributed by atoms with Gasteiger partial charge in [0.15, 0.2) is 0 Å². The van der Waals surface area contributed by atoms with Gasteiger partial charge in [-0.15, -0.1) is 0 Å². The molecule has 0 aliphatic carbocycles. The zero-order valence-corrected chi connectivity index (χ0v) is 11.2. The van der Waals surface area contributed by atoms with Crippen molar-refractivity contribution in [2.75, 3.05) is 7.11 Å². The van der Waals surface area contributed by atoms with Gasteiger partial charge in [-0.05, 0) is 30.7 Å². The summed E-state index contributed by atoms with van der Waals surface area (Å²) in [6.07, 6.45) is 0. The minimum Gasteiger partial charge on any atom is -0.496 e. The second-order valence-electron chi connectivity index (χ2n) is 4.03. The molecule has 0 amide bonds. The van der Waals surface area contributed by atoms with Crippen molar-refractivity contribution in [1.29, 1.82) is 0 Å². The smallest absolute Gasteiger partial charge is 0.138 e. The van der Waals surface area contributed by atoms with Gasteiger partial charge in [0.25, 0.3) is 0 Å². The number of para-hydroxylation sites is 1. The zero-order chi connectivity index (χ0) is 13.0. The lowest BCUT2D eigenvalue weighted by molar-refractivity contribution is 0.297. The summed E-state index contributed by atoms with van der Waals surface area (Å²) in [6.45, 7) is 2.47. The van der Waals surface area contributed by atoms with E-state index >= 15 is 0 Å². The van der Waals surface area contributed by atoms with Crippen LogP contribution in [-0.2, 0) is 6.61 Å². The van der Waals surface area contributed by atoms with Crippen molar-refractivity contribution in [3.63, 3.8) is 0 Å². The number of halogens is 1. The molecule has 3 heteroatoms. The van der Waals surface area contributed by atoms with E-state index in [4.69, 9.17) is 21.1 Å². The minimum absolute atomic E-state index is 0.438. The first-order chi connectivity index (χ1) is 8.70. The largest absolute Gasteiger partial charge is 0.496 e. The van der Waals surface area contributed by atoms with Crippen LogP contribution in [0.25, 0.3) is 0 Å². The molecule has 0 bridgehead atoms. The minimum atomic E-state index is 0.438. The maximum Gasteiger partial charge on any atom is 0.138 e. The molecule has 0 spiro atoms. The zero-order valence-electron chi connectivity index (χ0n) is 10.4. The van der Waals surface area contributed by atoms with Crippen LogP contribution in [0.4, 0.5) is 0 Å². The Labute approximate surface area is 112 Å². The predicted octanol–water partition coefficient (Wildman–Crippen LogP) is 4.24. The summed E-state index contributed by atoms with van der Waals surface area (Å²) in [7, 11) is 1.66. The van der Waals surface area contributed by atoms with Crippen LogP contribution >= 0.6 is 11.6 Å². The summed E-state index contributed by atoms with van der Waals surface area (Å²) in [4.78, 5) is 0. The van der Waals surface area contributed by atoms with E-state index in [1.54, 1.807) is 7.11 Å². The Morgan fingerprint density at radius 1 is 1.06 bits per heavy atom. The quantitative estimate of drug-likeness (QED) is 0.821. The Balaban J connectivity index is 2.13. The number of rotatable bonds is 4. The Kier molecular flexibility index (Phi) is 4.11. The van der Waals surface area contributed by atoms with Gasteiger partial charge in [0, 0.05) is 5.56 Å². The fourth-order valence-corrected chi connectivity index (χ4v) is 1.88. The molecule has 18 heavy (non-hydrogen) atoms. The van der Waals surface area contributed by atoms with Gasteiger partial charge in [0.2, 0.25) is 0 Å². The van der Waals surface area contributed by atoms with E-state index in [2.05, 4.69) is 0 Å². The molecule has 0 radical (unpaired) electrons. The van der Waals surface area contributed by atoms with Gasteiger partial charge in [0.1, 0.15) is 18.1 Å². The third kappa shape index (κ3) is 2.96. The summed E-state index contributed by atoms with van der Waals surface area (Å²) in [5.41, 5.74) is 2.16. The summed E-state index contributed by atoms with van der Waals surface area (Å²) < 4.78 is 11.0. The van der Waals surface area contributed by atoms with Gasteiger partial charge in [-0.2, -0.15) is 0 Å². The first-order valence-corrected chi connectivity index (χ1v) is 6.09. The SMILES string of the molecule is COc1cc(C)ccc1COc1ccccc1Cl. The average molecular weight is 263 g/mol. The van der Waals surface area contributed by atoms with Crippen LogP contribution in [0.2, 0.25) is 5.02 Å². The number of hydrogen-bond donors (Lipinski definition) is 0. The normalized spacial score (nSPS) is 10.2. The predicted molar refractivity (Wildman–Crippen MR) is 73.5 cm³/mol. The van der Waals surface area contributed by atoms with Crippen LogP contribution in [-0.4, -0.2) is 7.11 Å². The number of methoxy groups -OCH3 is 1.